The molecule has 2 amide bonds. The summed E-state index contributed by atoms with van der Waals surface area (Å²) in [4.78, 5) is 23.5. The third kappa shape index (κ3) is 4.98. The zero-order valence-electron chi connectivity index (χ0n) is 12.9. The molecule has 0 saturated heterocycles. The van der Waals surface area contributed by atoms with Gasteiger partial charge in [0.05, 0.1) is 26.3 Å². The molecule has 6 heteroatoms. The van der Waals surface area contributed by atoms with E-state index in [1.54, 1.807) is 25.1 Å². The predicted molar refractivity (Wildman–Crippen MR) is 80.5 cm³/mol. The van der Waals surface area contributed by atoms with Gasteiger partial charge in [-0.2, -0.15) is 0 Å². The summed E-state index contributed by atoms with van der Waals surface area (Å²) >= 11 is 0. The van der Waals surface area contributed by atoms with E-state index in [-0.39, 0.29) is 12.4 Å². The van der Waals surface area contributed by atoms with Crippen molar-refractivity contribution < 1.29 is 19.1 Å². The maximum atomic E-state index is 12.1. The molecule has 1 atom stereocenters. The molecule has 0 aliphatic carbocycles. The second-order valence-corrected chi connectivity index (χ2v) is 4.95. The molecule has 1 rings (SSSR count). The number of hydrogen-bond donors (Lipinski definition) is 2. The molecule has 0 aromatic heterocycles. The van der Waals surface area contributed by atoms with Crippen LogP contribution in [0.2, 0.25) is 0 Å². The van der Waals surface area contributed by atoms with E-state index in [0.29, 0.717) is 17.9 Å². The van der Waals surface area contributed by atoms with Gasteiger partial charge in [0.2, 0.25) is 0 Å². The SMILES string of the molecule is CC[C@@](C)(CC(=O)OC)NC(=O)Nc1ccccc1OC. The number of anilines is 1. The molecule has 1 aromatic carbocycles. The largest absolute Gasteiger partial charge is 0.495 e. The van der Waals surface area contributed by atoms with E-state index in [2.05, 4.69) is 15.4 Å². The number of amides is 2. The van der Waals surface area contributed by atoms with Crippen molar-refractivity contribution in [2.45, 2.75) is 32.2 Å². The second kappa shape index (κ2) is 7.52. The van der Waals surface area contributed by atoms with Gasteiger partial charge in [-0.05, 0) is 25.5 Å². The van der Waals surface area contributed by atoms with Crippen molar-refractivity contribution >= 4 is 17.7 Å². The van der Waals surface area contributed by atoms with Gasteiger partial charge < -0.3 is 20.1 Å². The van der Waals surface area contributed by atoms with Gasteiger partial charge in [0.1, 0.15) is 5.75 Å². The number of benzene rings is 1. The second-order valence-electron chi connectivity index (χ2n) is 4.95. The monoisotopic (exact) mass is 294 g/mol. The van der Waals surface area contributed by atoms with E-state index in [1.165, 1.54) is 14.2 Å². The fourth-order valence-corrected chi connectivity index (χ4v) is 1.82. The summed E-state index contributed by atoms with van der Waals surface area (Å²) in [6.07, 6.45) is 0.709. The number of carbonyl (C=O) groups excluding carboxylic acids is 2. The summed E-state index contributed by atoms with van der Waals surface area (Å²) in [7, 11) is 2.86. The molecule has 21 heavy (non-hydrogen) atoms. The van der Waals surface area contributed by atoms with Gasteiger partial charge in [-0.25, -0.2) is 4.79 Å². The smallest absolute Gasteiger partial charge is 0.319 e. The van der Waals surface area contributed by atoms with Gasteiger partial charge in [-0.3, -0.25) is 4.79 Å². The molecule has 0 saturated carbocycles. The molecular weight excluding hydrogens is 272 g/mol. The topological polar surface area (TPSA) is 76.7 Å². The highest BCUT2D eigenvalue weighted by Gasteiger charge is 2.28. The Hall–Kier alpha value is -2.24. The van der Waals surface area contributed by atoms with Crippen LogP contribution in [0.1, 0.15) is 26.7 Å². The number of esters is 1. The summed E-state index contributed by atoms with van der Waals surface area (Å²) in [6, 6.07) is 6.71. The van der Waals surface area contributed by atoms with E-state index in [4.69, 9.17) is 4.74 Å². The number of hydrogen-bond acceptors (Lipinski definition) is 4. The average molecular weight is 294 g/mol. The van der Waals surface area contributed by atoms with Gasteiger partial charge in [0.25, 0.3) is 0 Å². The molecule has 6 nitrogen and oxygen atoms in total. The van der Waals surface area contributed by atoms with Gasteiger partial charge >= 0.3 is 12.0 Å². The number of carbonyl (C=O) groups is 2. The first-order valence-corrected chi connectivity index (χ1v) is 6.73. The number of para-hydroxylation sites is 2. The Morgan fingerprint density at radius 2 is 1.90 bits per heavy atom. The van der Waals surface area contributed by atoms with Gasteiger partial charge in [0, 0.05) is 5.54 Å². The van der Waals surface area contributed by atoms with Crippen molar-refractivity contribution in [3.8, 4) is 5.75 Å². The number of rotatable bonds is 6. The van der Waals surface area contributed by atoms with Crippen LogP contribution in [0, 0.1) is 0 Å². The summed E-state index contributed by atoms with van der Waals surface area (Å²) in [5, 5.41) is 5.52. The first-order valence-electron chi connectivity index (χ1n) is 6.73. The maximum Gasteiger partial charge on any atom is 0.319 e. The number of methoxy groups -OCH3 is 2. The Morgan fingerprint density at radius 1 is 1.24 bits per heavy atom. The first-order chi connectivity index (χ1) is 9.94. The van der Waals surface area contributed by atoms with Crippen LogP contribution < -0.4 is 15.4 Å². The van der Waals surface area contributed by atoms with E-state index in [0.717, 1.165) is 0 Å². The first kappa shape index (κ1) is 16.8. The third-order valence-electron chi connectivity index (χ3n) is 3.31. The molecule has 0 unspecified atom stereocenters. The lowest BCUT2D eigenvalue weighted by Gasteiger charge is -2.28. The summed E-state index contributed by atoms with van der Waals surface area (Å²) in [5.74, 6) is 0.204. The minimum Gasteiger partial charge on any atom is -0.495 e. The average Bonchev–Trinajstić information content (AvgIpc) is 2.47. The highest BCUT2D eigenvalue weighted by Crippen LogP contribution is 2.23. The Kier molecular flexibility index (Phi) is 6.02. The molecule has 2 N–H and O–H groups in total. The highest BCUT2D eigenvalue weighted by molar-refractivity contribution is 5.91. The Balaban J connectivity index is 2.73. The van der Waals surface area contributed by atoms with Crippen molar-refractivity contribution in [2.24, 2.45) is 0 Å². The van der Waals surface area contributed by atoms with Gasteiger partial charge in [0.15, 0.2) is 0 Å². The third-order valence-corrected chi connectivity index (χ3v) is 3.31. The van der Waals surface area contributed by atoms with E-state index >= 15 is 0 Å². The highest BCUT2D eigenvalue weighted by atomic mass is 16.5. The molecule has 0 radical (unpaired) electrons. The zero-order chi connectivity index (χ0) is 15.9. The number of nitrogens with one attached hydrogen (secondary N) is 2. The van der Waals surface area contributed by atoms with Crippen molar-refractivity contribution in [1.29, 1.82) is 0 Å². The van der Waals surface area contributed by atoms with Gasteiger partial charge in [-0.15, -0.1) is 0 Å². The molecule has 1 aromatic rings. The number of ether oxygens (including phenoxy) is 2. The van der Waals surface area contributed by atoms with Crippen molar-refractivity contribution in [3.63, 3.8) is 0 Å². The van der Waals surface area contributed by atoms with Crippen LogP contribution in [0.3, 0.4) is 0 Å². The van der Waals surface area contributed by atoms with Crippen LogP contribution in [0.4, 0.5) is 10.5 Å². The summed E-state index contributed by atoms with van der Waals surface area (Å²) in [6.45, 7) is 3.69. The molecule has 0 aliphatic heterocycles. The standard InChI is InChI=1S/C15H22N2O4/c1-5-15(2,10-13(18)21-4)17-14(19)16-11-8-6-7-9-12(11)20-3/h6-9H,5,10H2,1-4H3,(H2,16,17,19)/t15-/m0/s1. The van der Waals surface area contributed by atoms with Crippen LogP contribution in [0.25, 0.3) is 0 Å². The quantitative estimate of drug-likeness (QED) is 0.790. The van der Waals surface area contributed by atoms with Crippen LogP contribution in [-0.2, 0) is 9.53 Å². The minimum absolute atomic E-state index is 0.110. The number of urea groups is 1. The zero-order valence-corrected chi connectivity index (χ0v) is 12.9. The predicted octanol–water partition coefficient (Wildman–Crippen LogP) is 2.55. The van der Waals surface area contributed by atoms with Crippen molar-refractivity contribution in [2.75, 3.05) is 19.5 Å². The summed E-state index contributed by atoms with van der Waals surface area (Å²) < 4.78 is 9.82. The summed E-state index contributed by atoms with van der Waals surface area (Å²) in [5.41, 5.74) is -0.104. The normalized spacial score (nSPS) is 13.0. The van der Waals surface area contributed by atoms with Crippen LogP contribution >= 0.6 is 0 Å². The molecule has 116 valence electrons. The maximum absolute atomic E-state index is 12.1. The molecule has 0 bridgehead atoms. The lowest BCUT2D eigenvalue weighted by atomic mass is 9.95. The van der Waals surface area contributed by atoms with Crippen LogP contribution in [0.5, 0.6) is 5.75 Å². The molecule has 0 heterocycles. The Bertz CT molecular complexity index is 504. The molecule has 0 fully saturated rings. The van der Waals surface area contributed by atoms with E-state index < -0.39 is 11.6 Å². The van der Waals surface area contributed by atoms with E-state index in [9.17, 15) is 9.59 Å². The lowest BCUT2D eigenvalue weighted by Crippen LogP contribution is -2.48. The van der Waals surface area contributed by atoms with Crippen molar-refractivity contribution in [1.82, 2.24) is 5.32 Å². The minimum atomic E-state index is -0.667. The van der Waals surface area contributed by atoms with Crippen LogP contribution in [-0.4, -0.2) is 31.8 Å². The Morgan fingerprint density at radius 3 is 2.48 bits per heavy atom. The molecule has 0 spiro atoms. The fraction of sp³-hybridized carbons (Fsp3) is 0.467. The lowest BCUT2D eigenvalue weighted by molar-refractivity contribution is -0.142. The van der Waals surface area contributed by atoms with Crippen molar-refractivity contribution in [3.05, 3.63) is 24.3 Å². The fourth-order valence-electron chi connectivity index (χ4n) is 1.82. The molecule has 0 aliphatic rings. The Labute approximate surface area is 124 Å². The van der Waals surface area contributed by atoms with Crippen LogP contribution in [0.15, 0.2) is 24.3 Å². The van der Waals surface area contributed by atoms with E-state index in [1.807, 2.05) is 13.0 Å². The van der Waals surface area contributed by atoms with Gasteiger partial charge in [-0.1, -0.05) is 19.1 Å². The molecular formula is C15H22N2O4.